The summed E-state index contributed by atoms with van der Waals surface area (Å²) in [6.45, 7) is 6.92. The molecular formula is C28H32BrN3O4S. The maximum absolute atomic E-state index is 13.8. The number of halogens is 1. The Balaban J connectivity index is 2.00. The smallest absolute Gasteiger partial charge is 0.264 e. The third-order valence-corrected chi connectivity index (χ3v) is 7.90. The molecule has 0 heterocycles. The minimum atomic E-state index is -4.07. The first-order valence-electron chi connectivity index (χ1n) is 11.9. The number of nitrogens with zero attached hydrogens (tertiary/aromatic N) is 2. The summed E-state index contributed by atoms with van der Waals surface area (Å²) in [5.74, 6) is -0.819. The van der Waals surface area contributed by atoms with Crippen molar-refractivity contribution in [3.05, 3.63) is 95.0 Å². The molecule has 0 saturated carbocycles. The van der Waals surface area contributed by atoms with Crippen molar-refractivity contribution in [1.29, 1.82) is 0 Å². The number of hydrogen-bond donors (Lipinski definition) is 1. The van der Waals surface area contributed by atoms with Crippen molar-refractivity contribution in [2.24, 2.45) is 0 Å². The van der Waals surface area contributed by atoms with Gasteiger partial charge < -0.3 is 10.2 Å². The van der Waals surface area contributed by atoms with Gasteiger partial charge in [-0.05, 0) is 69.7 Å². The van der Waals surface area contributed by atoms with E-state index in [0.717, 1.165) is 14.3 Å². The Morgan fingerprint density at radius 1 is 0.892 bits per heavy atom. The van der Waals surface area contributed by atoms with Crippen molar-refractivity contribution >= 4 is 43.5 Å². The van der Waals surface area contributed by atoms with Crippen molar-refractivity contribution in [1.82, 2.24) is 10.2 Å². The molecule has 0 fully saturated rings. The summed E-state index contributed by atoms with van der Waals surface area (Å²) in [5.41, 5.74) is 0.673. The van der Waals surface area contributed by atoms with Crippen LogP contribution in [0.4, 0.5) is 5.69 Å². The third kappa shape index (κ3) is 7.66. The highest BCUT2D eigenvalue weighted by Crippen LogP contribution is 2.26. The molecule has 0 aliphatic rings. The zero-order valence-electron chi connectivity index (χ0n) is 21.4. The van der Waals surface area contributed by atoms with Crippen LogP contribution in [0.25, 0.3) is 0 Å². The lowest BCUT2D eigenvalue weighted by molar-refractivity contribution is -0.140. The van der Waals surface area contributed by atoms with E-state index < -0.39 is 34.1 Å². The fourth-order valence-electron chi connectivity index (χ4n) is 3.69. The van der Waals surface area contributed by atoms with Gasteiger partial charge in [0.25, 0.3) is 10.0 Å². The molecule has 0 aliphatic heterocycles. The van der Waals surface area contributed by atoms with Crippen LogP contribution in [0.2, 0.25) is 0 Å². The molecule has 2 amide bonds. The lowest BCUT2D eigenvalue weighted by Crippen LogP contribution is -2.54. The number of carbonyl (C=O) groups is 2. The molecule has 0 spiro atoms. The molecule has 196 valence electrons. The summed E-state index contributed by atoms with van der Waals surface area (Å²) < 4.78 is 29.2. The Hall–Kier alpha value is -3.17. The summed E-state index contributed by atoms with van der Waals surface area (Å²) in [6, 6.07) is 23.1. The number of anilines is 1. The second-order valence-corrected chi connectivity index (χ2v) is 12.5. The Kier molecular flexibility index (Phi) is 9.15. The highest BCUT2D eigenvalue weighted by atomic mass is 79.9. The molecule has 1 N–H and O–H groups in total. The SMILES string of the molecule is C[C@H](C(=O)NC(C)(C)C)N(Cc1ccccc1)C(=O)CN(c1ccc(Br)cc1)S(=O)(=O)c1ccccc1. The maximum atomic E-state index is 13.8. The molecule has 0 radical (unpaired) electrons. The number of hydrogen-bond acceptors (Lipinski definition) is 4. The summed E-state index contributed by atoms with van der Waals surface area (Å²) in [7, 11) is -4.07. The van der Waals surface area contributed by atoms with Gasteiger partial charge >= 0.3 is 0 Å². The van der Waals surface area contributed by atoms with Crippen LogP contribution in [0.15, 0.2) is 94.3 Å². The average molecular weight is 587 g/mol. The van der Waals surface area contributed by atoms with Crippen molar-refractivity contribution in [3.8, 4) is 0 Å². The van der Waals surface area contributed by atoms with Gasteiger partial charge in [0, 0.05) is 16.6 Å². The first-order valence-corrected chi connectivity index (χ1v) is 14.1. The molecule has 7 nitrogen and oxygen atoms in total. The first kappa shape index (κ1) is 28.4. The van der Waals surface area contributed by atoms with Gasteiger partial charge in [0.1, 0.15) is 12.6 Å². The van der Waals surface area contributed by atoms with E-state index in [9.17, 15) is 18.0 Å². The summed E-state index contributed by atoms with van der Waals surface area (Å²) in [6.07, 6.45) is 0. The molecule has 0 bridgehead atoms. The third-order valence-electron chi connectivity index (χ3n) is 5.59. The standard InChI is InChI=1S/C28H32BrN3O4S/c1-21(27(34)30-28(2,3)4)31(19-22-11-7-5-8-12-22)26(33)20-32(24-17-15-23(29)16-18-24)37(35,36)25-13-9-6-10-14-25/h5-18,21H,19-20H2,1-4H3,(H,30,34)/t21-/m1/s1. The molecule has 1 atom stereocenters. The zero-order valence-corrected chi connectivity index (χ0v) is 23.8. The highest BCUT2D eigenvalue weighted by molar-refractivity contribution is 9.10. The van der Waals surface area contributed by atoms with Gasteiger partial charge in [0.15, 0.2) is 0 Å². The lowest BCUT2D eigenvalue weighted by Gasteiger charge is -2.33. The van der Waals surface area contributed by atoms with E-state index in [0.29, 0.717) is 5.69 Å². The van der Waals surface area contributed by atoms with Crippen molar-refractivity contribution in [3.63, 3.8) is 0 Å². The van der Waals surface area contributed by atoms with Crippen LogP contribution in [0.1, 0.15) is 33.3 Å². The quantitative estimate of drug-likeness (QED) is 0.384. The van der Waals surface area contributed by atoms with Gasteiger partial charge in [0.05, 0.1) is 10.6 Å². The predicted octanol–water partition coefficient (Wildman–Crippen LogP) is 4.98. The van der Waals surface area contributed by atoms with E-state index in [1.807, 2.05) is 51.1 Å². The maximum Gasteiger partial charge on any atom is 0.264 e. The van der Waals surface area contributed by atoms with Gasteiger partial charge in [-0.1, -0.05) is 64.5 Å². The van der Waals surface area contributed by atoms with Gasteiger partial charge in [-0.2, -0.15) is 0 Å². The lowest BCUT2D eigenvalue weighted by atomic mass is 10.1. The summed E-state index contributed by atoms with van der Waals surface area (Å²) in [4.78, 5) is 28.4. The fourth-order valence-corrected chi connectivity index (χ4v) is 5.39. The first-order chi connectivity index (χ1) is 17.4. The second kappa shape index (κ2) is 11.9. The topological polar surface area (TPSA) is 86.8 Å². The van der Waals surface area contributed by atoms with Crippen LogP contribution >= 0.6 is 15.9 Å². The summed E-state index contributed by atoms with van der Waals surface area (Å²) >= 11 is 3.37. The number of rotatable bonds is 9. The molecule has 3 aromatic carbocycles. The zero-order chi connectivity index (χ0) is 27.2. The number of amides is 2. The Morgan fingerprint density at radius 2 is 1.43 bits per heavy atom. The average Bonchev–Trinajstić information content (AvgIpc) is 2.86. The van der Waals surface area contributed by atoms with E-state index in [1.54, 1.807) is 49.4 Å². The van der Waals surface area contributed by atoms with Gasteiger partial charge in [-0.3, -0.25) is 13.9 Å². The van der Waals surface area contributed by atoms with Gasteiger partial charge in [-0.15, -0.1) is 0 Å². The molecule has 3 rings (SSSR count). The highest BCUT2D eigenvalue weighted by Gasteiger charge is 2.33. The molecule has 0 aliphatic carbocycles. The van der Waals surface area contributed by atoms with E-state index in [-0.39, 0.29) is 17.3 Å². The molecule has 0 unspecified atom stereocenters. The van der Waals surface area contributed by atoms with Crippen LogP contribution < -0.4 is 9.62 Å². The van der Waals surface area contributed by atoms with E-state index >= 15 is 0 Å². The minimum absolute atomic E-state index is 0.0684. The number of carbonyl (C=O) groups excluding carboxylic acids is 2. The van der Waals surface area contributed by atoms with Crippen LogP contribution in [-0.4, -0.2) is 43.3 Å². The fraction of sp³-hybridized carbons (Fsp3) is 0.286. The number of sulfonamides is 1. The molecule has 0 aromatic heterocycles. The Bertz CT molecular complexity index is 1310. The Labute approximate surface area is 227 Å². The second-order valence-electron chi connectivity index (χ2n) is 9.72. The molecule has 9 heteroatoms. The summed E-state index contributed by atoms with van der Waals surface area (Å²) in [5, 5.41) is 2.92. The van der Waals surface area contributed by atoms with Gasteiger partial charge in [-0.25, -0.2) is 8.42 Å². The van der Waals surface area contributed by atoms with Crippen LogP contribution in [-0.2, 0) is 26.2 Å². The van der Waals surface area contributed by atoms with Crippen LogP contribution in [0.3, 0.4) is 0 Å². The largest absolute Gasteiger partial charge is 0.350 e. The minimum Gasteiger partial charge on any atom is -0.350 e. The van der Waals surface area contributed by atoms with Crippen LogP contribution in [0, 0.1) is 0 Å². The molecule has 37 heavy (non-hydrogen) atoms. The normalized spacial score (nSPS) is 12.5. The monoisotopic (exact) mass is 585 g/mol. The van der Waals surface area contributed by atoms with Crippen molar-refractivity contribution in [2.45, 2.75) is 50.7 Å². The predicted molar refractivity (Wildman–Crippen MR) is 149 cm³/mol. The number of nitrogens with one attached hydrogen (secondary N) is 1. The van der Waals surface area contributed by atoms with E-state index in [1.165, 1.54) is 17.0 Å². The van der Waals surface area contributed by atoms with Crippen LogP contribution in [0.5, 0.6) is 0 Å². The Morgan fingerprint density at radius 3 is 1.97 bits per heavy atom. The molecule has 3 aromatic rings. The molecule has 0 saturated heterocycles. The van der Waals surface area contributed by atoms with E-state index in [4.69, 9.17) is 0 Å². The van der Waals surface area contributed by atoms with Crippen molar-refractivity contribution in [2.75, 3.05) is 10.8 Å². The van der Waals surface area contributed by atoms with Gasteiger partial charge in [0.2, 0.25) is 11.8 Å². The van der Waals surface area contributed by atoms with Crippen molar-refractivity contribution < 1.29 is 18.0 Å². The van der Waals surface area contributed by atoms with E-state index in [2.05, 4.69) is 21.2 Å². The number of benzene rings is 3. The molecular weight excluding hydrogens is 554 g/mol.